The normalized spacial score (nSPS) is 15.5. The van der Waals surface area contributed by atoms with Gasteiger partial charge in [-0.25, -0.2) is 4.68 Å². The molecule has 1 saturated carbocycles. The first kappa shape index (κ1) is 16.7. The molecule has 0 aliphatic heterocycles. The summed E-state index contributed by atoms with van der Waals surface area (Å²) < 4.78 is 7.20. The minimum Gasteiger partial charge on any atom is -0.339 e. The van der Waals surface area contributed by atoms with Crippen LogP contribution in [-0.4, -0.2) is 19.9 Å². The van der Waals surface area contributed by atoms with E-state index in [1.807, 2.05) is 47.4 Å². The Bertz CT molecular complexity index is 794. The Kier molecular flexibility index (Phi) is 4.69. The Morgan fingerprint density at radius 1 is 1.17 bits per heavy atom. The van der Waals surface area contributed by atoms with Crippen molar-refractivity contribution in [3.05, 3.63) is 60.0 Å². The zero-order valence-corrected chi connectivity index (χ0v) is 14.1. The van der Waals surface area contributed by atoms with Crippen LogP contribution < -0.4 is 5.73 Å². The molecule has 2 aromatic heterocycles. The lowest BCUT2D eigenvalue weighted by molar-refractivity contribution is 0.229. The first-order chi connectivity index (χ1) is 11.2. The monoisotopic (exact) mass is 345 g/mol. The summed E-state index contributed by atoms with van der Waals surface area (Å²) in [6.45, 7) is 0. The highest BCUT2D eigenvalue weighted by molar-refractivity contribution is 5.85. The molecule has 6 nitrogen and oxygen atoms in total. The molecule has 0 atom stereocenters. The fraction of sp³-hybridized carbons (Fsp3) is 0.353. The van der Waals surface area contributed by atoms with Crippen molar-refractivity contribution in [3.8, 4) is 5.69 Å². The lowest BCUT2D eigenvalue weighted by Gasteiger charge is -2.34. The van der Waals surface area contributed by atoms with E-state index in [1.54, 1.807) is 0 Å². The van der Waals surface area contributed by atoms with E-state index in [9.17, 15) is 0 Å². The van der Waals surface area contributed by atoms with Crippen molar-refractivity contribution in [2.24, 2.45) is 5.73 Å². The van der Waals surface area contributed by atoms with Crippen LogP contribution >= 0.6 is 12.4 Å². The van der Waals surface area contributed by atoms with Gasteiger partial charge in [0.2, 0.25) is 5.89 Å². The molecule has 4 rings (SSSR count). The van der Waals surface area contributed by atoms with Crippen molar-refractivity contribution < 1.29 is 4.52 Å². The number of hydrogen-bond acceptors (Lipinski definition) is 5. The van der Waals surface area contributed by atoms with Gasteiger partial charge < -0.3 is 10.3 Å². The summed E-state index contributed by atoms with van der Waals surface area (Å²) in [6, 6.07) is 10.0. The summed E-state index contributed by atoms with van der Waals surface area (Å²) in [6.07, 6.45) is 8.43. The van der Waals surface area contributed by atoms with Gasteiger partial charge in [-0.05, 0) is 43.4 Å². The highest BCUT2D eigenvalue weighted by Gasteiger charge is 2.38. The summed E-state index contributed by atoms with van der Waals surface area (Å²) >= 11 is 0. The smallest absolute Gasteiger partial charge is 0.227 e. The van der Waals surface area contributed by atoms with E-state index in [-0.39, 0.29) is 17.9 Å². The molecule has 0 saturated heterocycles. The van der Waals surface area contributed by atoms with E-state index in [4.69, 9.17) is 10.3 Å². The maximum absolute atomic E-state index is 6.21. The molecule has 7 heteroatoms. The quantitative estimate of drug-likeness (QED) is 0.768. The second-order valence-corrected chi connectivity index (χ2v) is 6.15. The van der Waals surface area contributed by atoms with Crippen molar-refractivity contribution in [1.82, 2.24) is 19.9 Å². The third-order valence-corrected chi connectivity index (χ3v) is 4.44. The van der Waals surface area contributed by atoms with Gasteiger partial charge in [-0.1, -0.05) is 23.4 Å². The topological polar surface area (TPSA) is 82.8 Å². The first-order valence-corrected chi connectivity index (χ1v) is 7.94. The standard InChI is InChI=1S/C17H19N5O.ClH/c18-17(9-4-10-17)16-20-15(23-21-16)8-7-13-11-19-22(12-13)14-5-2-1-3-6-14;/h1-3,5-6,11-12H,4,7-10,18H2;1H. The Hall–Kier alpha value is -2.18. The summed E-state index contributed by atoms with van der Waals surface area (Å²) in [4.78, 5) is 4.45. The molecule has 0 spiro atoms. The van der Waals surface area contributed by atoms with Crippen LogP contribution in [0.1, 0.15) is 36.5 Å². The van der Waals surface area contributed by atoms with Crippen LogP contribution in [0, 0.1) is 0 Å². The minimum absolute atomic E-state index is 0. The zero-order chi connectivity index (χ0) is 15.7. The van der Waals surface area contributed by atoms with Gasteiger partial charge in [0.15, 0.2) is 5.82 Å². The predicted molar refractivity (Wildman–Crippen MR) is 92.2 cm³/mol. The molecule has 0 unspecified atom stereocenters. The number of para-hydroxylation sites is 1. The largest absolute Gasteiger partial charge is 0.339 e. The molecule has 2 heterocycles. The van der Waals surface area contributed by atoms with Crippen molar-refractivity contribution >= 4 is 12.4 Å². The van der Waals surface area contributed by atoms with Crippen LogP contribution in [0.25, 0.3) is 5.69 Å². The van der Waals surface area contributed by atoms with E-state index >= 15 is 0 Å². The Morgan fingerprint density at radius 2 is 1.96 bits per heavy atom. The third-order valence-electron chi connectivity index (χ3n) is 4.44. The zero-order valence-electron chi connectivity index (χ0n) is 13.3. The molecule has 1 aromatic carbocycles. The number of nitrogens with zero attached hydrogens (tertiary/aromatic N) is 4. The Morgan fingerprint density at radius 3 is 2.67 bits per heavy atom. The Labute approximate surface area is 146 Å². The predicted octanol–water partition coefficient (Wildman–Crippen LogP) is 2.80. The molecule has 0 radical (unpaired) electrons. The third kappa shape index (κ3) is 3.20. The van der Waals surface area contributed by atoms with Gasteiger partial charge in [0.05, 0.1) is 17.4 Å². The molecular weight excluding hydrogens is 326 g/mol. The molecule has 0 amide bonds. The van der Waals surface area contributed by atoms with Gasteiger partial charge in [0.1, 0.15) is 0 Å². The van der Waals surface area contributed by atoms with Crippen LogP contribution in [0.5, 0.6) is 0 Å². The van der Waals surface area contributed by atoms with Gasteiger partial charge in [0.25, 0.3) is 0 Å². The van der Waals surface area contributed by atoms with E-state index in [2.05, 4.69) is 15.2 Å². The molecule has 126 valence electrons. The molecular formula is C17H20ClN5O. The molecule has 1 aliphatic rings. The highest BCUT2D eigenvalue weighted by Crippen LogP contribution is 2.36. The second-order valence-electron chi connectivity index (χ2n) is 6.15. The van der Waals surface area contributed by atoms with Crippen molar-refractivity contribution in [2.75, 3.05) is 0 Å². The van der Waals surface area contributed by atoms with Crippen LogP contribution in [-0.2, 0) is 18.4 Å². The Balaban J connectivity index is 0.00000169. The highest BCUT2D eigenvalue weighted by atomic mass is 35.5. The average Bonchev–Trinajstić information content (AvgIpc) is 3.21. The lowest BCUT2D eigenvalue weighted by Crippen LogP contribution is -2.44. The lowest BCUT2D eigenvalue weighted by atomic mass is 9.77. The van der Waals surface area contributed by atoms with Crippen molar-refractivity contribution in [1.29, 1.82) is 0 Å². The van der Waals surface area contributed by atoms with Gasteiger partial charge in [-0.3, -0.25) is 0 Å². The van der Waals surface area contributed by atoms with Gasteiger partial charge in [-0.2, -0.15) is 10.1 Å². The number of nitrogens with two attached hydrogens (primary N) is 1. The van der Waals surface area contributed by atoms with E-state index in [0.717, 1.165) is 36.9 Å². The maximum atomic E-state index is 6.21. The minimum atomic E-state index is -0.361. The molecule has 1 fully saturated rings. The fourth-order valence-corrected chi connectivity index (χ4v) is 2.80. The molecule has 24 heavy (non-hydrogen) atoms. The van der Waals surface area contributed by atoms with Crippen LogP contribution in [0.3, 0.4) is 0 Å². The van der Waals surface area contributed by atoms with Gasteiger partial charge in [-0.15, -0.1) is 12.4 Å². The second kappa shape index (κ2) is 6.75. The molecule has 3 aromatic rings. The number of hydrogen-bond donors (Lipinski definition) is 1. The van der Waals surface area contributed by atoms with Crippen molar-refractivity contribution in [2.45, 2.75) is 37.6 Å². The number of halogens is 1. The molecule has 0 bridgehead atoms. The summed E-state index contributed by atoms with van der Waals surface area (Å²) in [5, 5.41) is 8.44. The average molecular weight is 346 g/mol. The van der Waals surface area contributed by atoms with Crippen molar-refractivity contribution in [3.63, 3.8) is 0 Å². The van der Waals surface area contributed by atoms with Crippen LogP contribution in [0.2, 0.25) is 0 Å². The molecule has 2 N–H and O–H groups in total. The van der Waals surface area contributed by atoms with Crippen LogP contribution in [0.15, 0.2) is 47.2 Å². The first-order valence-electron chi connectivity index (χ1n) is 7.94. The van der Waals surface area contributed by atoms with E-state index < -0.39 is 0 Å². The number of aromatic nitrogens is 4. The summed E-state index contributed by atoms with van der Waals surface area (Å²) in [7, 11) is 0. The molecule has 1 aliphatic carbocycles. The van der Waals surface area contributed by atoms with E-state index in [0.29, 0.717) is 18.1 Å². The van der Waals surface area contributed by atoms with Gasteiger partial charge >= 0.3 is 0 Å². The SMILES string of the molecule is Cl.NC1(c2noc(CCc3cnn(-c4ccccc4)c3)n2)CCC1. The van der Waals surface area contributed by atoms with E-state index in [1.165, 1.54) is 0 Å². The van der Waals surface area contributed by atoms with Gasteiger partial charge in [0, 0.05) is 12.6 Å². The fourth-order valence-electron chi connectivity index (χ4n) is 2.80. The summed E-state index contributed by atoms with van der Waals surface area (Å²) in [5.74, 6) is 1.29. The maximum Gasteiger partial charge on any atom is 0.227 e. The number of rotatable bonds is 5. The van der Waals surface area contributed by atoms with Crippen LogP contribution in [0.4, 0.5) is 0 Å². The summed E-state index contributed by atoms with van der Waals surface area (Å²) in [5.41, 5.74) is 8.04. The number of benzene rings is 1. The number of aryl methyl sites for hydroxylation is 2.